The summed E-state index contributed by atoms with van der Waals surface area (Å²) in [7, 11) is 0. The SMILES string of the molecule is Cc1cccc(CNCC(O)C(Cc2cc(F)cc(F)c2)NC(=O)OC(C)(C)C)c1. The van der Waals surface area contributed by atoms with Gasteiger partial charge in [0.15, 0.2) is 0 Å². The molecule has 0 aliphatic rings. The summed E-state index contributed by atoms with van der Waals surface area (Å²) in [5, 5.41) is 16.4. The fraction of sp³-hybridized carbons (Fsp3) is 0.435. The second-order valence-corrected chi connectivity index (χ2v) is 8.42. The zero-order valence-electron chi connectivity index (χ0n) is 17.8. The number of aliphatic hydroxyl groups is 1. The quantitative estimate of drug-likeness (QED) is 0.607. The molecule has 0 aliphatic carbocycles. The minimum absolute atomic E-state index is 0.0429. The maximum Gasteiger partial charge on any atom is 0.407 e. The minimum atomic E-state index is -1.01. The number of nitrogens with one attached hydrogen (secondary N) is 2. The van der Waals surface area contributed by atoms with Crippen LogP contribution in [-0.4, -0.2) is 35.5 Å². The number of hydrogen-bond donors (Lipinski definition) is 3. The van der Waals surface area contributed by atoms with E-state index in [9.17, 15) is 18.7 Å². The van der Waals surface area contributed by atoms with E-state index in [1.54, 1.807) is 20.8 Å². The van der Waals surface area contributed by atoms with Crippen LogP contribution in [0, 0.1) is 18.6 Å². The summed E-state index contributed by atoms with van der Waals surface area (Å²) in [6.45, 7) is 7.88. The Labute approximate surface area is 176 Å². The maximum absolute atomic E-state index is 13.6. The average molecular weight is 421 g/mol. The molecule has 3 N–H and O–H groups in total. The largest absolute Gasteiger partial charge is 0.444 e. The molecule has 0 aromatic heterocycles. The number of halogens is 2. The predicted octanol–water partition coefficient (Wildman–Crippen LogP) is 3.86. The van der Waals surface area contributed by atoms with Gasteiger partial charge in [-0.05, 0) is 57.4 Å². The first kappa shape index (κ1) is 23.8. The molecule has 0 bridgehead atoms. The van der Waals surface area contributed by atoms with Crippen LogP contribution in [0.3, 0.4) is 0 Å². The molecule has 0 radical (unpaired) electrons. The smallest absolute Gasteiger partial charge is 0.407 e. The average Bonchev–Trinajstić information content (AvgIpc) is 2.58. The second kappa shape index (κ2) is 10.5. The third kappa shape index (κ3) is 8.47. The van der Waals surface area contributed by atoms with Gasteiger partial charge >= 0.3 is 6.09 Å². The van der Waals surface area contributed by atoms with Gasteiger partial charge in [0.05, 0.1) is 12.1 Å². The van der Waals surface area contributed by atoms with Crippen molar-refractivity contribution in [3.05, 3.63) is 70.8 Å². The van der Waals surface area contributed by atoms with E-state index in [1.807, 2.05) is 31.2 Å². The summed E-state index contributed by atoms with van der Waals surface area (Å²) in [6, 6.07) is 10.3. The Morgan fingerprint density at radius 3 is 2.37 bits per heavy atom. The van der Waals surface area contributed by atoms with E-state index in [-0.39, 0.29) is 13.0 Å². The van der Waals surface area contributed by atoms with Crippen LogP contribution in [-0.2, 0) is 17.7 Å². The third-order valence-corrected chi connectivity index (χ3v) is 4.31. The molecule has 0 saturated carbocycles. The Bertz CT molecular complexity index is 832. The summed E-state index contributed by atoms with van der Waals surface area (Å²) >= 11 is 0. The van der Waals surface area contributed by atoms with Crippen molar-refractivity contribution in [2.24, 2.45) is 0 Å². The molecule has 7 heteroatoms. The first-order chi connectivity index (χ1) is 14.0. The van der Waals surface area contributed by atoms with Crippen LogP contribution in [0.5, 0.6) is 0 Å². The monoisotopic (exact) mass is 420 g/mol. The van der Waals surface area contributed by atoms with Gasteiger partial charge in [0, 0.05) is 19.2 Å². The van der Waals surface area contributed by atoms with Gasteiger partial charge < -0.3 is 20.5 Å². The second-order valence-electron chi connectivity index (χ2n) is 8.42. The van der Waals surface area contributed by atoms with E-state index in [2.05, 4.69) is 10.6 Å². The molecule has 2 rings (SSSR count). The Kier molecular flexibility index (Phi) is 8.32. The van der Waals surface area contributed by atoms with E-state index in [1.165, 1.54) is 12.1 Å². The van der Waals surface area contributed by atoms with Crippen molar-refractivity contribution in [3.63, 3.8) is 0 Å². The first-order valence-corrected chi connectivity index (χ1v) is 9.90. The lowest BCUT2D eigenvalue weighted by Gasteiger charge is -2.27. The summed E-state index contributed by atoms with van der Waals surface area (Å²) in [5.41, 5.74) is 1.80. The molecule has 0 saturated heterocycles. The molecule has 2 aromatic rings. The molecule has 0 spiro atoms. The van der Waals surface area contributed by atoms with Gasteiger partial charge in [-0.15, -0.1) is 0 Å². The van der Waals surface area contributed by atoms with Crippen LogP contribution in [0.25, 0.3) is 0 Å². The molecule has 30 heavy (non-hydrogen) atoms. The molecular formula is C23H30F2N2O3. The summed E-state index contributed by atoms with van der Waals surface area (Å²) in [5.74, 6) is -1.43. The third-order valence-electron chi connectivity index (χ3n) is 4.31. The summed E-state index contributed by atoms with van der Waals surface area (Å²) < 4.78 is 32.4. The van der Waals surface area contributed by atoms with E-state index in [4.69, 9.17) is 4.74 Å². The van der Waals surface area contributed by atoms with Crippen molar-refractivity contribution in [3.8, 4) is 0 Å². The van der Waals surface area contributed by atoms with Crippen LogP contribution in [0.4, 0.5) is 13.6 Å². The Hall–Kier alpha value is -2.51. The number of benzene rings is 2. The van der Waals surface area contributed by atoms with E-state index in [0.717, 1.165) is 17.2 Å². The number of ether oxygens (including phenoxy) is 1. The Morgan fingerprint density at radius 2 is 1.77 bits per heavy atom. The van der Waals surface area contributed by atoms with Crippen molar-refractivity contribution in [1.29, 1.82) is 0 Å². The van der Waals surface area contributed by atoms with Crippen LogP contribution in [0.2, 0.25) is 0 Å². The maximum atomic E-state index is 13.6. The first-order valence-electron chi connectivity index (χ1n) is 9.90. The van der Waals surface area contributed by atoms with E-state index in [0.29, 0.717) is 12.1 Å². The topological polar surface area (TPSA) is 70.6 Å². The molecular weight excluding hydrogens is 390 g/mol. The molecule has 5 nitrogen and oxygen atoms in total. The zero-order valence-corrected chi connectivity index (χ0v) is 17.8. The van der Waals surface area contributed by atoms with Gasteiger partial charge in [0.2, 0.25) is 0 Å². The van der Waals surface area contributed by atoms with Gasteiger partial charge in [-0.3, -0.25) is 0 Å². The van der Waals surface area contributed by atoms with Crippen molar-refractivity contribution in [1.82, 2.24) is 10.6 Å². The van der Waals surface area contributed by atoms with Crippen LogP contribution in [0.1, 0.15) is 37.5 Å². The normalized spacial score (nSPS) is 13.6. The van der Waals surface area contributed by atoms with Crippen molar-refractivity contribution >= 4 is 6.09 Å². The lowest BCUT2D eigenvalue weighted by molar-refractivity contribution is 0.0422. The number of hydrogen-bond acceptors (Lipinski definition) is 4. The molecule has 164 valence electrons. The number of aryl methyl sites for hydroxylation is 1. The molecule has 2 atom stereocenters. The van der Waals surface area contributed by atoms with Crippen LogP contribution in [0.15, 0.2) is 42.5 Å². The highest BCUT2D eigenvalue weighted by atomic mass is 19.1. The highest BCUT2D eigenvalue weighted by molar-refractivity contribution is 5.68. The molecule has 0 aliphatic heterocycles. The molecule has 2 unspecified atom stereocenters. The molecule has 0 fully saturated rings. The number of rotatable bonds is 8. The number of carbonyl (C=O) groups excluding carboxylic acids is 1. The van der Waals surface area contributed by atoms with Gasteiger partial charge in [0.1, 0.15) is 17.2 Å². The number of aliphatic hydroxyl groups excluding tert-OH is 1. The Balaban J connectivity index is 2.05. The number of amides is 1. The van der Waals surface area contributed by atoms with Crippen LogP contribution < -0.4 is 10.6 Å². The van der Waals surface area contributed by atoms with Gasteiger partial charge in [0.25, 0.3) is 0 Å². The Morgan fingerprint density at radius 1 is 1.10 bits per heavy atom. The fourth-order valence-corrected chi connectivity index (χ4v) is 3.05. The predicted molar refractivity (Wildman–Crippen MR) is 112 cm³/mol. The zero-order chi connectivity index (χ0) is 22.3. The van der Waals surface area contributed by atoms with E-state index < -0.39 is 35.5 Å². The lowest BCUT2D eigenvalue weighted by Crippen LogP contribution is -2.49. The highest BCUT2D eigenvalue weighted by Crippen LogP contribution is 2.13. The molecule has 1 amide bonds. The van der Waals surface area contributed by atoms with Crippen LogP contribution >= 0.6 is 0 Å². The number of alkyl carbamates (subject to hydrolysis) is 1. The molecule has 2 aromatic carbocycles. The fourth-order valence-electron chi connectivity index (χ4n) is 3.05. The molecule has 0 heterocycles. The van der Waals surface area contributed by atoms with Crippen molar-refractivity contribution in [2.45, 2.75) is 58.4 Å². The van der Waals surface area contributed by atoms with Gasteiger partial charge in [-0.1, -0.05) is 29.8 Å². The standard InChI is InChI=1S/C23H30F2N2O3/c1-15-6-5-7-16(8-15)13-26-14-21(28)20(27-22(29)30-23(2,3)4)11-17-9-18(24)12-19(25)10-17/h5-10,12,20-21,26,28H,11,13-14H2,1-4H3,(H,27,29). The minimum Gasteiger partial charge on any atom is -0.444 e. The van der Waals surface area contributed by atoms with Crippen molar-refractivity contribution < 1.29 is 23.4 Å². The van der Waals surface area contributed by atoms with Gasteiger partial charge in [-0.25, -0.2) is 13.6 Å². The summed E-state index contributed by atoms with van der Waals surface area (Å²) in [4.78, 5) is 12.2. The lowest BCUT2D eigenvalue weighted by atomic mass is 10.0. The number of carbonyl (C=O) groups is 1. The van der Waals surface area contributed by atoms with E-state index >= 15 is 0 Å². The summed E-state index contributed by atoms with van der Waals surface area (Å²) in [6.07, 6.45) is -1.67. The van der Waals surface area contributed by atoms with Crippen molar-refractivity contribution in [2.75, 3.05) is 6.54 Å². The van der Waals surface area contributed by atoms with Gasteiger partial charge in [-0.2, -0.15) is 0 Å². The highest BCUT2D eigenvalue weighted by Gasteiger charge is 2.25.